The van der Waals surface area contributed by atoms with Gasteiger partial charge in [-0.1, -0.05) is 36.0 Å². The van der Waals surface area contributed by atoms with Gasteiger partial charge in [0.05, 0.1) is 12.1 Å². The molecule has 2 heterocycles. The summed E-state index contributed by atoms with van der Waals surface area (Å²) in [6.45, 7) is 0.551. The first kappa shape index (κ1) is 16.0. The molecule has 4 nitrogen and oxygen atoms in total. The predicted octanol–water partition coefficient (Wildman–Crippen LogP) is 4.09. The SMILES string of the molecule is FC(F)(F)c1cccc(CSc2nnnn2Cc2cccs2)c1. The Morgan fingerprint density at radius 3 is 2.78 bits per heavy atom. The number of aromatic nitrogens is 4. The van der Waals surface area contributed by atoms with Gasteiger partial charge in [-0.25, -0.2) is 4.68 Å². The number of tetrazole rings is 1. The van der Waals surface area contributed by atoms with E-state index < -0.39 is 11.7 Å². The largest absolute Gasteiger partial charge is 0.416 e. The molecule has 2 aromatic heterocycles. The molecule has 0 radical (unpaired) electrons. The Hall–Kier alpha value is -1.87. The zero-order valence-corrected chi connectivity index (χ0v) is 13.3. The van der Waals surface area contributed by atoms with E-state index in [1.165, 1.54) is 17.8 Å². The molecule has 3 rings (SSSR count). The summed E-state index contributed by atoms with van der Waals surface area (Å²) in [5.41, 5.74) is -0.0655. The van der Waals surface area contributed by atoms with Crippen LogP contribution in [0.25, 0.3) is 0 Å². The van der Waals surface area contributed by atoms with Crippen molar-refractivity contribution in [2.75, 3.05) is 0 Å². The Balaban J connectivity index is 1.68. The lowest BCUT2D eigenvalue weighted by Gasteiger charge is -2.08. The maximum Gasteiger partial charge on any atom is 0.416 e. The van der Waals surface area contributed by atoms with Gasteiger partial charge >= 0.3 is 6.18 Å². The van der Waals surface area contributed by atoms with Crippen molar-refractivity contribution in [2.45, 2.75) is 23.6 Å². The molecule has 0 N–H and O–H groups in total. The summed E-state index contributed by atoms with van der Waals surface area (Å²) in [4.78, 5) is 1.11. The van der Waals surface area contributed by atoms with Gasteiger partial charge in [-0.3, -0.25) is 0 Å². The molecule has 0 aliphatic heterocycles. The average molecular weight is 356 g/mol. The molecule has 9 heteroatoms. The Labute approximate surface area is 138 Å². The van der Waals surface area contributed by atoms with E-state index in [9.17, 15) is 13.2 Å². The van der Waals surface area contributed by atoms with E-state index in [1.807, 2.05) is 17.5 Å². The summed E-state index contributed by atoms with van der Waals surface area (Å²) in [5.74, 6) is 0.370. The van der Waals surface area contributed by atoms with E-state index in [0.29, 0.717) is 23.0 Å². The van der Waals surface area contributed by atoms with Gasteiger partial charge < -0.3 is 0 Å². The zero-order chi connectivity index (χ0) is 16.3. The number of thioether (sulfide) groups is 1. The number of halogens is 3. The molecule has 0 atom stereocenters. The molecule has 23 heavy (non-hydrogen) atoms. The van der Waals surface area contributed by atoms with Gasteiger partial charge in [0.15, 0.2) is 0 Å². The molecule has 0 aliphatic rings. The van der Waals surface area contributed by atoms with E-state index in [2.05, 4.69) is 15.5 Å². The van der Waals surface area contributed by atoms with Gasteiger partial charge in [0.2, 0.25) is 5.16 Å². The van der Waals surface area contributed by atoms with Crippen LogP contribution in [-0.4, -0.2) is 20.2 Å². The maximum atomic E-state index is 12.7. The fourth-order valence-electron chi connectivity index (χ4n) is 1.93. The maximum absolute atomic E-state index is 12.7. The molecule has 0 fully saturated rings. The van der Waals surface area contributed by atoms with Crippen molar-refractivity contribution < 1.29 is 13.2 Å². The van der Waals surface area contributed by atoms with E-state index in [0.717, 1.165) is 17.0 Å². The lowest BCUT2D eigenvalue weighted by molar-refractivity contribution is -0.137. The molecule has 0 spiro atoms. The highest BCUT2D eigenvalue weighted by Crippen LogP contribution is 2.31. The van der Waals surface area contributed by atoms with Gasteiger partial charge in [0.1, 0.15) is 0 Å². The van der Waals surface area contributed by atoms with E-state index in [4.69, 9.17) is 0 Å². The van der Waals surface area contributed by atoms with E-state index in [-0.39, 0.29) is 0 Å². The van der Waals surface area contributed by atoms with Gasteiger partial charge in [0, 0.05) is 10.6 Å². The fourth-order valence-corrected chi connectivity index (χ4v) is 3.44. The number of hydrogen-bond donors (Lipinski definition) is 0. The second-order valence-electron chi connectivity index (χ2n) is 4.69. The topological polar surface area (TPSA) is 43.6 Å². The van der Waals surface area contributed by atoms with E-state index in [1.54, 1.807) is 22.1 Å². The van der Waals surface area contributed by atoms with Gasteiger partial charge in [-0.2, -0.15) is 13.2 Å². The Morgan fingerprint density at radius 1 is 1.17 bits per heavy atom. The van der Waals surface area contributed by atoms with Crippen LogP contribution in [-0.2, 0) is 18.5 Å². The highest BCUT2D eigenvalue weighted by atomic mass is 32.2. The summed E-state index contributed by atoms with van der Waals surface area (Å²) in [6, 6.07) is 9.21. The number of benzene rings is 1. The van der Waals surface area contributed by atoms with Crippen LogP contribution in [0.2, 0.25) is 0 Å². The van der Waals surface area contributed by atoms with Crippen LogP contribution in [0.3, 0.4) is 0 Å². The van der Waals surface area contributed by atoms with Crippen molar-refractivity contribution in [1.82, 2.24) is 20.2 Å². The first-order valence-electron chi connectivity index (χ1n) is 6.60. The predicted molar refractivity (Wildman–Crippen MR) is 82.2 cm³/mol. The van der Waals surface area contributed by atoms with Crippen LogP contribution in [0.4, 0.5) is 13.2 Å². The van der Waals surface area contributed by atoms with Gasteiger partial charge in [-0.15, -0.1) is 16.4 Å². The quantitative estimate of drug-likeness (QED) is 0.646. The number of hydrogen-bond acceptors (Lipinski definition) is 5. The second kappa shape index (κ2) is 6.71. The Bertz CT molecular complexity index is 768. The summed E-state index contributed by atoms with van der Waals surface area (Å²) in [6.07, 6.45) is -4.33. The van der Waals surface area contributed by atoms with Crippen LogP contribution in [0.5, 0.6) is 0 Å². The molecular weight excluding hydrogens is 345 g/mol. The number of thiophene rings is 1. The molecule has 120 valence electrons. The molecular formula is C14H11F3N4S2. The summed E-state index contributed by atoms with van der Waals surface area (Å²) in [5, 5.41) is 14.0. The minimum Gasteiger partial charge on any atom is -0.215 e. The normalized spacial score (nSPS) is 11.8. The van der Waals surface area contributed by atoms with Crippen LogP contribution < -0.4 is 0 Å². The average Bonchev–Trinajstić information content (AvgIpc) is 3.17. The third-order valence-electron chi connectivity index (χ3n) is 3.01. The molecule has 0 bridgehead atoms. The smallest absolute Gasteiger partial charge is 0.215 e. The van der Waals surface area contributed by atoms with Gasteiger partial charge in [-0.05, 0) is 33.5 Å². The standard InChI is InChI=1S/C14H11F3N4S2/c15-14(16,17)11-4-1-3-10(7-11)9-23-13-18-19-20-21(13)8-12-5-2-6-22-12/h1-7H,8-9H2. The monoisotopic (exact) mass is 356 g/mol. The molecule has 1 aromatic carbocycles. The fraction of sp³-hybridized carbons (Fsp3) is 0.214. The lowest BCUT2D eigenvalue weighted by Crippen LogP contribution is -2.05. The highest BCUT2D eigenvalue weighted by molar-refractivity contribution is 7.98. The highest BCUT2D eigenvalue weighted by Gasteiger charge is 2.30. The number of rotatable bonds is 5. The van der Waals surface area contributed by atoms with Crippen molar-refractivity contribution >= 4 is 23.1 Å². The van der Waals surface area contributed by atoms with Crippen molar-refractivity contribution in [2.24, 2.45) is 0 Å². The summed E-state index contributed by atoms with van der Waals surface area (Å²) in [7, 11) is 0. The zero-order valence-electron chi connectivity index (χ0n) is 11.7. The van der Waals surface area contributed by atoms with Crippen LogP contribution >= 0.6 is 23.1 Å². The third-order valence-corrected chi connectivity index (χ3v) is 4.90. The molecule has 0 saturated heterocycles. The summed E-state index contributed by atoms with van der Waals surface area (Å²) >= 11 is 2.91. The van der Waals surface area contributed by atoms with Crippen LogP contribution in [0.1, 0.15) is 16.0 Å². The minimum atomic E-state index is -4.33. The minimum absolute atomic E-state index is 0.370. The third kappa shape index (κ3) is 4.11. The first-order chi connectivity index (χ1) is 11.0. The van der Waals surface area contributed by atoms with E-state index >= 15 is 0 Å². The van der Waals surface area contributed by atoms with Gasteiger partial charge in [0.25, 0.3) is 0 Å². The molecule has 0 unspecified atom stereocenters. The van der Waals surface area contributed by atoms with Crippen molar-refractivity contribution in [3.8, 4) is 0 Å². The summed E-state index contributed by atoms with van der Waals surface area (Å²) < 4.78 is 39.8. The molecule has 0 saturated carbocycles. The number of nitrogens with zero attached hydrogens (tertiary/aromatic N) is 4. The van der Waals surface area contributed by atoms with Crippen molar-refractivity contribution in [1.29, 1.82) is 0 Å². The molecule has 0 amide bonds. The molecule has 3 aromatic rings. The number of alkyl halides is 3. The first-order valence-corrected chi connectivity index (χ1v) is 8.46. The van der Waals surface area contributed by atoms with Crippen molar-refractivity contribution in [3.63, 3.8) is 0 Å². The van der Waals surface area contributed by atoms with Crippen LogP contribution in [0.15, 0.2) is 46.9 Å². The lowest BCUT2D eigenvalue weighted by atomic mass is 10.1. The molecule has 0 aliphatic carbocycles. The Kier molecular flexibility index (Phi) is 4.67. The Morgan fingerprint density at radius 2 is 2.04 bits per heavy atom. The second-order valence-corrected chi connectivity index (χ2v) is 6.66. The van der Waals surface area contributed by atoms with Crippen LogP contribution in [0, 0.1) is 0 Å². The van der Waals surface area contributed by atoms with Crippen molar-refractivity contribution in [3.05, 3.63) is 57.8 Å².